The van der Waals surface area contributed by atoms with E-state index in [2.05, 4.69) is 15.3 Å². The van der Waals surface area contributed by atoms with Crippen LogP contribution in [0.4, 0.5) is 5.69 Å². The van der Waals surface area contributed by atoms with Crippen molar-refractivity contribution in [2.75, 3.05) is 5.32 Å². The number of fused-ring (bicyclic) bond motifs is 1. The van der Waals surface area contributed by atoms with Gasteiger partial charge in [-0.3, -0.25) is 4.79 Å². The summed E-state index contributed by atoms with van der Waals surface area (Å²) in [6.45, 7) is 0. The summed E-state index contributed by atoms with van der Waals surface area (Å²) in [7, 11) is 0. The number of anilines is 1. The Labute approximate surface area is 117 Å². The van der Waals surface area contributed by atoms with E-state index in [0.29, 0.717) is 6.04 Å². The van der Waals surface area contributed by atoms with E-state index in [1.165, 1.54) is 31.8 Å². The topological polar surface area (TPSA) is 83.8 Å². The lowest BCUT2D eigenvalue weighted by Gasteiger charge is -2.14. The summed E-state index contributed by atoms with van der Waals surface area (Å²) in [6, 6.07) is 2.51. The molecule has 4 N–H and O–H groups in total. The molecule has 0 bridgehead atoms. The van der Waals surface area contributed by atoms with Gasteiger partial charge in [0.1, 0.15) is 5.65 Å². The molecule has 3 rings (SSSR count). The number of pyridine rings is 1. The number of primary amides is 1. The molecule has 0 aromatic carbocycles. The Kier molecular flexibility index (Phi) is 3.41. The maximum atomic E-state index is 10.9. The smallest absolute Gasteiger partial charge is 0.241 e. The first-order chi connectivity index (χ1) is 9.74. The van der Waals surface area contributed by atoms with Gasteiger partial charge in [0, 0.05) is 41.1 Å². The van der Waals surface area contributed by atoms with Crippen molar-refractivity contribution in [2.45, 2.75) is 31.7 Å². The van der Waals surface area contributed by atoms with Crippen molar-refractivity contribution in [1.82, 2.24) is 9.97 Å². The summed E-state index contributed by atoms with van der Waals surface area (Å²) in [5, 5.41) is 4.60. The fourth-order valence-electron chi connectivity index (χ4n) is 2.80. The number of hydrogen-bond acceptors (Lipinski definition) is 3. The van der Waals surface area contributed by atoms with Gasteiger partial charge in [-0.25, -0.2) is 4.98 Å². The van der Waals surface area contributed by atoms with Gasteiger partial charge in [-0.15, -0.1) is 0 Å². The van der Waals surface area contributed by atoms with E-state index < -0.39 is 5.91 Å². The van der Waals surface area contributed by atoms with E-state index in [4.69, 9.17) is 5.73 Å². The minimum atomic E-state index is -0.450. The number of aromatic nitrogens is 2. The van der Waals surface area contributed by atoms with Crippen LogP contribution in [0, 0.1) is 0 Å². The van der Waals surface area contributed by atoms with Crippen LogP contribution in [-0.4, -0.2) is 21.9 Å². The molecule has 2 aromatic rings. The number of carbonyl (C=O) groups is 1. The van der Waals surface area contributed by atoms with E-state index in [0.717, 1.165) is 22.3 Å². The van der Waals surface area contributed by atoms with Gasteiger partial charge in [-0.05, 0) is 25.0 Å². The molecule has 2 heterocycles. The van der Waals surface area contributed by atoms with E-state index in [1.54, 1.807) is 12.3 Å². The number of nitrogens with two attached hydrogens (primary N) is 1. The summed E-state index contributed by atoms with van der Waals surface area (Å²) in [4.78, 5) is 18.3. The summed E-state index contributed by atoms with van der Waals surface area (Å²) >= 11 is 0. The lowest BCUT2D eigenvalue weighted by molar-refractivity contribution is -0.113. The van der Waals surface area contributed by atoms with Gasteiger partial charge in [0.05, 0.1) is 0 Å². The van der Waals surface area contributed by atoms with Crippen LogP contribution >= 0.6 is 0 Å². The van der Waals surface area contributed by atoms with Gasteiger partial charge in [0.25, 0.3) is 0 Å². The fourth-order valence-corrected chi connectivity index (χ4v) is 2.80. The number of nitrogens with one attached hydrogen (secondary N) is 2. The van der Waals surface area contributed by atoms with Crippen LogP contribution in [0.1, 0.15) is 31.2 Å². The second-order valence-electron chi connectivity index (χ2n) is 5.19. The predicted octanol–water partition coefficient (Wildman–Crippen LogP) is 2.42. The molecule has 0 radical (unpaired) electrons. The zero-order valence-corrected chi connectivity index (χ0v) is 11.2. The molecular weight excluding hydrogens is 252 g/mol. The van der Waals surface area contributed by atoms with Crippen LogP contribution in [0.3, 0.4) is 0 Å². The Hall–Kier alpha value is -2.30. The third-order valence-corrected chi connectivity index (χ3v) is 3.75. The molecule has 0 aliphatic heterocycles. The fraction of sp³-hybridized carbons (Fsp3) is 0.333. The highest BCUT2D eigenvalue weighted by Gasteiger charge is 2.16. The minimum Gasteiger partial charge on any atom is -0.382 e. The minimum absolute atomic E-state index is 0.450. The van der Waals surface area contributed by atoms with Crippen molar-refractivity contribution in [2.24, 2.45) is 5.73 Å². The Morgan fingerprint density at radius 3 is 3.00 bits per heavy atom. The standard InChI is InChI=1S/C15H18N4O/c16-13(20)6-5-10-9-18-15-14(10)12(7-8-17-15)19-11-3-1-2-4-11/h5-9,11H,1-4H2,(H2,16,20)(H2,17,18,19)/b6-5+. The van der Waals surface area contributed by atoms with Crippen LogP contribution in [-0.2, 0) is 4.79 Å². The zero-order chi connectivity index (χ0) is 13.9. The van der Waals surface area contributed by atoms with E-state index in [1.807, 2.05) is 12.3 Å². The van der Waals surface area contributed by atoms with Crippen LogP contribution in [0.2, 0.25) is 0 Å². The first-order valence-electron chi connectivity index (χ1n) is 6.94. The second kappa shape index (κ2) is 5.36. The first-order valence-corrected chi connectivity index (χ1v) is 6.94. The van der Waals surface area contributed by atoms with Crippen molar-refractivity contribution in [3.8, 4) is 0 Å². The average molecular weight is 270 g/mol. The predicted molar refractivity (Wildman–Crippen MR) is 80.2 cm³/mol. The molecule has 0 atom stereocenters. The number of rotatable bonds is 4. The molecule has 0 unspecified atom stereocenters. The Morgan fingerprint density at radius 1 is 1.45 bits per heavy atom. The highest BCUT2D eigenvalue weighted by atomic mass is 16.1. The lowest BCUT2D eigenvalue weighted by Crippen LogP contribution is -2.14. The summed E-state index contributed by atoms with van der Waals surface area (Å²) in [6.07, 6.45) is 11.7. The Morgan fingerprint density at radius 2 is 2.25 bits per heavy atom. The maximum absolute atomic E-state index is 10.9. The normalized spacial score (nSPS) is 16.2. The van der Waals surface area contributed by atoms with Crippen molar-refractivity contribution in [3.63, 3.8) is 0 Å². The van der Waals surface area contributed by atoms with Crippen LogP contribution in [0.5, 0.6) is 0 Å². The summed E-state index contributed by atoms with van der Waals surface area (Å²) < 4.78 is 0. The molecule has 1 fully saturated rings. The molecule has 20 heavy (non-hydrogen) atoms. The van der Waals surface area contributed by atoms with Gasteiger partial charge in [-0.2, -0.15) is 0 Å². The molecule has 5 heteroatoms. The monoisotopic (exact) mass is 270 g/mol. The number of H-pyrrole nitrogens is 1. The van der Waals surface area contributed by atoms with Crippen LogP contribution < -0.4 is 11.1 Å². The lowest BCUT2D eigenvalue weighted by atomic mass is 10.1. The van der Waals surface area contributed by atoms with E-state index in [9.17, 15) is 4.79 Å². The van der Waals surface area contributed by atoms with Gasteiger partial charge in [0.2, 0.25) is 5.91 Å². The number of carbonyl (C=O) groups excluding carboxylic acids is 1. The number of nitrogens with zero attached hydrogens (tertiary/aromatic N) is 1. The number of amides is 1. The second-order valence-corrected chi connectivity index (χ2v) is 5.19. The highest BCUT2D eigenvalue weighted by Crippen LogP contribution is 2.29. The van der Waals surface area contributed by atoms with Crippen molar-refractivity contribution in [3.05, 3.63) is 30.1 Å². The van der Waals surface area contributed by atoms with Crippen LogP contribution in [0.25, 0.3) is 17.1 Å². The molecule has 2 aromatic heterocycles. The molecular formula is C15H18N4O. The molecule has 0 saturated heterocycles. The van der Waals surface area contributed by atoms with Crippen molar-refractivity contribution >= 4 is 28.7 Å². The highest BCUT2D eigenvalue weighted by molar-refractivity contribution is 5.99. The SMILES string of the molecule is NC(=O)/C=C/c1c[nH]c2nccc(NC3CCCC3)c12. The van der Waals surface area contributed by atoms with Gasteiger partial charge in [-0.1, -0.05) is 12.8 Å². The largest absolute Gasteiger partial charge is 0.382 e. The average Bonchev–Trinajstić information content (AvgIpc) is 3.06. The third kappa shape index (κ3) is 2.52. The molecule has 1 aliphatic rings. The molecule has 1 saturated carbocycles. The van der Waals surface area contributed by atoms with Gasteiger partial charge in [0.15, 0.2) is 0 Å². The van der Waals surface area contributed by atoms with Crippen LogP contribution in [0.15, 0.2) is 24.5 Å². The number of hydrogen-bond donors (Lipinski definition) is 3. The van der Waals surface area contributed by atoms with Gasteiger partial charge >= 0.3 is 0 Å². The van der Waals surface area contributed by atoms with Gasteiger partial charge < -0.3 is 16.0 Å². The number of aromatic amines is 1. The van der Waals surface area contributed by atoms with E-state index >= 15 is 0 Å². The zero-order valence-electron chi connectivity index (χ0n) is 11.2. The molecule has 1 aliphatic carbocycles. The molecule has 1 amide bonds. The Bertz CT molecular complexity index is 653. The molecule has 0 spiro atoms. The molecule has 5 nitrogen and oxygen atoms in total. The first kappa shape index (κ1) is 12.7. The summed E-state index contributed by atoms with van der Waals surface area (Å²) in [5.41, 5.74) is 7.96. The Balaban J connectivity index is 1.97. The van der Waals surface area contributed by atoms with E-state index in [-0.39, 0.29) is 0 Å². The van der Waals surface area contributed by atoms with Crippen molar-refractivity contribution in [1.29, 1.82) is 0 Å². The third-order valence-electron chi connectivity index (χ3n) is 3.75. The molecule has 104 valence electrons. The summed E-state index contributed by atoms with van der Waals surface area (Å²) in [5.74, 6) is -0.450. The quantitative estimate of drug-likeness (QED) is 0.746. The maximum Gasteiger partial charge on any atom is 0.241 e. The van der Waals surface area contributed by atoms with Crippen molar-refractivity contribution < 1.29 is 4.79 Å².